The van der Waals surface area contributed by atoms with E-state index in [-0.39, 0.29) is 35.0 Å². The normalized spacial score (nSPS) is 19.1. The number of carbonyl (C=O) groups excluding carboxylic acids is 4. The van der Waals surface area contributed by atoms with Gasteiger partial charge in [0.1, 0.15) is 0 Å². The first-order chi connectivity index (χ1) is 20.2. The number of hydrogen-bond acceptors (Lipinski definition) is 6. The van der Waals surface area contributed by atoms with Crippen molar-refractivity contribution in [3.05, 3.63) is 94.5 Å². The Labute approximate surface area is 248 Å². The Hall–Kier alpha value is -4.36. The molecule has 2 aliphatic rings. The molecule has 42 heavy (non-hydrogen) atoms. The van der Waals surface area contributed by atoms with Crippen LogP contribution in [0.15, 0.2) is 72.8 Å². The summed E-state index contributed by atoms with van der Waals surface area (Å²) < 4.78 is 5.65. The molecule has 212 valence electrons. The molecule has 1 saturated carbocycles. The van der Waals surface area contributed by atoms with Gasteiger partial charge in [0, 0.05) is 21.5 Å². The predicted molar refractivity (Wildman–Crippen MR) is 161 cm³/mol. The van der Waals surface area contributed by atoms with Gasteiger partial charge in [-0.3, -0.25) is 19.3 Å². The number of aryl methyl sites for hydroxylation is 1. The van der Waals surface area contributed by atoms with Crippen molar-refractivity contribution in [3.63, 3.8) is 0 Å². The quantitative estimate of drug-likeness (QED) is 0.139. The van der Waals surface area contributed by atoms with Crippen molar-refractivity contribution >= 4 is 51.8 Å². The second kappa shape index (κ2) is 11.1. The van der Waals surface area contributed by atoms with Gasteiger partial charge in [-0.05, 0) is 69.2 Å². The molecule has 2 amide bonds. The van der Waals surface area contributed by atoms with Gasteiger partial charge in [0.2, 0.25) is 17.6 Å². The second-order valence-corrected chi connectivity index (χ2v) is 11.5. The molecule has 0 unspecified atom stereocenters. The molecular weight excluding hydrogens is 552 g/mol. The summed E-state index contributed by atoms with van der Waals surface area (Å²) in [5.41, 5.74) is 3.93. The van der Waals surface area contributed by atoms with Gasteiger partial charge in [-0.2, -0.15) is 0 Å². The van der Waals surface area contributed by atoms with Crippen molar-refractivity contribution in [2.24, 2.45) is 11.8 Å². The first kappa shape index (κ1) is 27.8. The minimum Gasteiger partial charge on any atom is -0.451 e. The van der Waals surface area contributed by atoms with Crippen LogP contribution in [0.5, 0.6) is 0 Å². The largest absolute Gasteiger partial charge is 0.451 e. The first-order valence-corrected chi connectivity index (χ1v) is 14.5. The molecular formula is C34H29ClN2O5. The van der Waals surface area contributed by atoms with Crippen molar-refractivity contribution in [2.45, 2.75) is 45.6 Å². The summed E-state index contributed by atoms with van der Waals surface area (Å²) in [7, 11) is 0. The van der Waals surface area contributed by atoms with E-state index in [2.05, 4.69) is 0 Å². The summed E-state index contributed by atoms with van der Waals surface area (Å²) in [6, 6.07) is 20.8. The molecule has 3 atom stereocenters. The van der Waals surface area contributed by atoms with Crippen molar-refractivity contribution in [1.29, 1.82) is 0 Å². The molecule has 1 aliphatic heterocycles. The predicted octanol–water partition coefficient (Wildman–Crippen LogP) is 6.97. The first-order valence-electron chi connectivity index (χ1n) is 14.1. The number of nitrogens with zero attached hydrogens (tertiary/aromatic N) is 2. The number of amides is 2. The molecule has 1 aliphatic carbocycles. The third kappa shape index (κ3) is 5.09. The topological polar surface area (TPSA) is 93.6 Å². The van der Waals surface area contributed by atoms with Gasteiger partial charge in [-0.15, -0.1) is 0 Å². The van der Waals surface area contributed by atoms with Gasteiger partial charge in [0.05, 0.1) is 34.3 Å². The number of carbonyl (C=O) groups is 4. The van der Waals surface area contributed by atoms with E-state index in [0.29, 0.717) is 38.4 Å². The average molecular weight is 581 g/mol. The zero-order valence-electron chi connectivity index (χ0n) is 23.3. The number of halogens is 1. The maximum Gasteiger partial charge on any atom is 0.339 e. The maximum absolute atomic E-state index is 13.5. The highest BCUT2D eigenvalue weighted by atomic mass is 35.5. The molecule has 1 saturated heterocycles. The fourth-order valence-electron chi connectivity index (χ4n) is 6.01. The van der Waals surface area contributed by atoms with Crippen molar-refractivity contribution in [1.82, 2.24) is 4.98 Å². The number of aromatic nitrogens is 1. The molecule has 0 bridgehead atoms. The fourth-order valence-corrected chi connectivity index (χ4v) is 6.20. The Morgan fingerprint density at radius 3 is 2.29 bits per heavy atom. The van der Waals surface area contributed by atoms with E-state index in [1.807, 2.05) is 25.1 Å². The average Bonchev–Trinajstić information content (AvgIpc) is 3.25. The summed E-state index contributed by atoms with van der Waals surface area (Å²) in [5, 5.41) is 1.03. The third-order valence-corrected chi connectivity index (χ3v) is 8.44. The zero-order valence-corrected chi connectivity index (χ0v) is 24.1. The van der Waals surface area contributed by atoms with Crippen LogP contribution >= 0.6 is 11.6 Å². The Morgan fingerprint density at radius 1 is 0.929 bits per heavy atom. The fraction of sp³-hybridized carbons (Fsp3) is 0.265. The molecule has 0 N–H and O–H groups in total. The van der Waals surface area contributed by atoms with E-state index >= 15 is 0 Å². The van der Waals surface area contributed by atoms with Gasteiger partial charge in [0.25, 0.3) is 0 Å². The van der Waals surface area contributed by atoms with Crippen molar-refractivity contribution < 1.29 is 23.9 Å². The minimum absolute atomic E-state index is 0.122. The summed E-state index contributed by atoms with van der Waals surface area (Å²) in [6.45, 7) is 3.45. The van der Waals surface area contributed by atoms with E-state index in [1.165, 1.54) is 11.8 Å². The molecule has 2 fully saturated rings. The number of ether oxygens (including phenoxy) is 1. The number of fused-ring (bicyclic) bond motifs is 2. The Morgan fingerprint density at radius 2 is 1.62 bits per heavy atom. The molecule has 0 radical (unpaired) electrons. The van der Waals surface area contributed by atoms with E-state index in [9.17, 15) is 19.2 Å². The Balaban J connectivity index is 1.30. The molecule has 0 spiro atoms. The number of ketones is 1. The van der Waals surface area contributed by atoms with Crippen LogP contribution in [0.2, 0.25) is 5.02 Å². The zero-order chi connectivity index (χ0) is 29.5. The van der Waals surface area contributed by atoms with Crippen LogP contribution in [0.25, 0.3) is 22.2 Å². The van der Waals surface area contributed by atoms with Gasteiger partial charge in [0.15, 0.2) is 6.10 Å². The highest BCUT2D eigenvalue weighted by Gasteiger charge is 2.48. The van der Waals surface area contributed by atoms with E-state index in [0.717, 1.165) is 31.2 Å². The summed E-state index contributed by atoms with van der Waals surface area (Å²) in [6.07, 6.45) is 2.42. The highest BCUT2D eigenvalue weighted by molar-refractivity contribution is 6.31. The molecule has 4 aromatic rings. The lowest BCUT2D eigenvalue weighted by atomic mass is 9.81. The second-order valence-electron chi connectivity index (χ2n) is 11.1. The van der Waals surface area contributed by atoms with Gasteiger partial charge >= 0.3 is 5.97 Å². The lowest BCUT2D eigenvalue weighted by Crippen LogP contribution is -2.30. The van der Waals surface area contributed by atoms with Crippen LogP contribution in [0.3, 0.4) is 0 Å². The highest BCUT2D eigenvalue weighted by Crippen LogP contribution is 2.40. The number of anilines is 1. The van der Waals surface area contributed by atoms with Gasteiger partial charge < -0.3 is 4.74 Å². The number of rotatable bonds is 6. The third-order valence-electron chi connectivity index (χ3n) is 8.21. The number of benzene rings is 3. The van der Waals surface area contributed by atoms with Crippen LogP contribution in [-0.4, -0.2) is 34.7 Å². The maximum atomic E-state index is 13.5. The monoisotopic (exact) mass is 580 g/mol. The lowest BCUT2D eigenvalue weighted by molar-refractivity contribution is -0.122. The Bertz CT molecular complexity index is 1730. The number of hydrogen-bond donors (Lipinski definition) is 0. The SMILES string of the molecule is Cc1ccc2nc(-c3ccc(N4C(=O)[C@H]5CCCC[C@H]5C4=O)cc3)cc(C(=O)O[C@@H](C)C(=O)c3cccc(Cl)c3)c2c1. The number of pyridine rings is 1. The van der Waals surface area contributed by atoms with Crippen molar-refractivity contribution in [2.75, 3.05) is 4.90 Å². The number of esters is 1. The van der Waals surface area contributed by atoms with Gasteiger partial charge in [-0.25, -0.2) is 9.78 Å². The van der Waals surface area contributed by atoms with E-state index in [4.69, 9.17) is 21.3 Å². The lowest BCUT2D eigenvalue weighted by Gasteiger charge is -2.19. The number of imide groups is 1. The van der Waals surface area contributed by atoms with Crippen LogP contribution in [0.4, 0.5) is 5.69 Å². The number of Topliss-reactive ketones (excluding diaryl/α,β-unsaturated/α-hetero) is 1. The molecule has 1 aromatic heterocycles. The van der Waals surface area contributed by atoms with Crippen LogP contribution in [0.1, 0.15) is 58.9 Å². The molecule has 6 rings (SSSR count). The molecule has 7 nitrogen and oxygen atoms in total. The molecule has 2 heterocycles. The smallest absolute Gasteiger partial charge is 0.339 e. The Kier molecular flexibility index (Phi) is 7.37. The minimum atomic E-state index is -1.04. The summed E-state index contributed by atoms with van der Waals surface area (Å²) >= 11 is 6.04. The van der Waals surface area contributed by atoms with E-state index < -0.39 is 12.1 Å². The standard InChI is InChI=1S/C34H29ClN2O5/c1-19-10-15-29-27(16-19)28(34(41)42-20(2)31(38)22-6-5-7-23(35)17-22)18-30(36-29)21-11-13-24(14-12-21)37-32(39)25-8-3-4-9-26(25)33(37)40/h5-7,10-18,20,25-26H,3-4,8-9H2,1-2H3/t20-,25-,26+/m0/s1. The van der Waals surface area contributed by atoms with Gasteiger partial charge in [-0.1, -0.05) is 60.3 Å². The van der Waals surface area contributed by atoms with Crippen LogP contribution < -0.4 is 4.90 Å². The van der Waals surface area contributed by atoms with Crippen LogP contribution in [0, 0.1) is 18.8 Å². The van der Waals surface area contributed by atoms with Crippen LogP contribution in [-0.2, 0) is 14.3 Å². The van der Waals surface area contributed by atoms with E-state index in [1.54, 1.807) is 54.6 Å². The summed E-state index contributed by atoms with van der Waals surface area (Å²) in [4.78, 5) is 58.6. The summed E-state index contributed by atoms with van der Waals surface area (Å²) in [5.74, 6) is -1.70. The molecule has 8 heteroatoms. The molecule has 3 aromatic carbocycles. The van der Waals surface area contributed by atoms with Crippen molar-refractivity contribution in [3.8, 4) is 11.3 Å².